The van der Waals surface area contributed by atoms with Gasteiger partial charge in [-0.05, 0) is 47.6 Å². The number of nitrogens with two attached hydrogens (primary N) is 1. The van der Waals surface area contributed by atoms with Crippen molar-refractivity contribution >= 4 is 17.3 Å². The fourth-order valence-corrected chi connectivity index (χ4v) is 5.11. The number of aryl methyl sites for hydroxylation is 1. The predicted octanol–water partition coefficient (Wildman–Crippen LogP) is 7.22. The molecule has 160 valence electrons. The van der Waals surface area contributed by atoms with Gasteiger partial charge in [0.25, 0.3) is 0 Å². The maximum absolute atomic E-state index is 15.8. The summed E-state index contributed by atoms with van der Waals surface area (Å²) in [4.78, 5) is 0. The molecule has 0 radical (unpaired) electrons. The molecule has 3 aromatic rings. The van der Waals surface area contributed by atoms with Crippen LogP contribution in [0.15, 0.2) is 55.1 Å². The molecular formula is C27H26ClF2N. The zero-order chi connectivity index (χ0) is 22.3. The Morgan fingerprint density at radius 2 is 1.81 bits per heavy atom. The molecule has 2 N–H and O–H groups in total. The number of halogens is 3. The van der Waals surface area contributed by atoms with Gasteiger partial charge in [0.05, 0.1) is 5.02 Å². The van der Waals surface area contributed by atoms with Crippen LogP contribution in [-0.2, 0) is 24.7 Å². The van der Waals surface area contributed by atoms with E-state index in [2.05, 4.69) is 25.6 Å². The molecule has 0 heterocycles. The first-order valence-electron chi connectivity index (χ1n) is 10.6. The van der Waals surface area contributed by atoms with Crippen molar-refractivity contribution in [2.75, 3.05) is 0 Å². The zero-order valence-electron chi connectivity index (χ0n) is 17.9. The molecule has 1 atom stereocenters. The van der Waals surface area contributed by atoms with Crippen LogP contribution in [0.1, 0.15) is 48.1 Å². The maximum atomic E-state index is 15.8. The van der Waals surface area contributed by atoms with Crippen LogP contribution in [0.2, 0.25) is 5.02 Å². The fraction of sp³-hybridized carbons (Fsp3) is 0.259. The largest absolute Gasteiger partial charge is 0.399 e. The molecule has 0 bridgehead atoms. The van der Waals surface area contributed by atoms with Crippen molar-refractivity contribution < 1.29 is 8.78 Å². The normalized spacial score (nSPS) is 17.6. The Bertz CT molecular complexity index is 1170. The third-order valence-corrected chi connectivity index (χ3v) is 6.74. The van der Waals surface area contributed by atoms with E-state index in [1.165, 1.54) is 6.07 Å². The molecule has 0 aromatic heterocycles. The third kappa shape index (κ3) is 3.65. The summed E-state index contributed by atoms with van der Waals surface area (Å²) in [5, 5.41) is -0.0638. The maximum Gasteiger partial charge on any atom is 0.142 e. The van der Waals surface area contributed by atoms with Crippen LogP contribution in [0.5, 0.6) is 0 Å². The van der Waals surface area contributed by atoms with Crippen LogP contribution >= 0.6 is 11.6 Å². The topological polar surface area (TPSA) is 26.0 Å². The number of rotatable bonds is 5. The van der Waals surface area contributed by atoms with Crippen molar-refractivity contribution in [1.29, 1.82) is 0 Å². The summed E-state index contributed by atoms with van der Waals surface area (Å²) in [6.45, 7) is 7.97. The number of benzene rings is 3. The van der Waals surface area contributed by atoms with Gasteiger partial charge in [-0.15, -0.1) is 0 Å². The molecule has 1 aliphatic rings. The predicted molar refractivity (Wildman–Crippen MR) is 125 cm³/mol. The van der Waals surface area contributed by atoms with Crippen molar-refractivity contribution in [3.8, 4) is 11.1 Å². The Labute approximate surface area is 187 Å². The van der Waals surface area contributed by atoms with E-state index in [-0.39, 0.29) is 21.7 Å². The van der Waals surface area contributed by atoms with E-state index in [1.54, 1.807) is 12.1 Å². The second-order valence-corrected chi connectivity index (χ2v) is 9.08. The van der Waals surface area contributed by atoms with Crippen LogP contribution in [-0.4, -0.2) is 0 Å². The molecule has 4 rings (SSSR count). The molecule has 3 aromatic carbocycles. The van der Waals surface area contributed by atoms with Gasteiger partial charge in [-0.2, -0.15) is 0 Å². The summed E-state index contributed by atoms with van der Waals surface area (Å²) in [5.41, 5.74) is 10.6. The summed E-state index contributed by atoms with van der Waals surface area (Å²) in [7, 11) is 0. The van der Waals surface area contributed by atoms with E-state index in [9.17, 15) is 4.39 Å². The van der Waals surface area contributed by atoms with Crippen molar-refractivity contribution in [2.45, 2.75) is 44.9 Å². The molecule has 0 spiro atoms. The molecule has 0 aliphatic heterocycles. The minimum absolute atomic E-state index is 0.0638. The van der Waals surface area contributed by atoms with Crippen LogP contribution in [0.3, 0.4) is 0 Å². The van der Waals surface area contributed by atoms with E-state index in [0.29, 0.717) is 36.0 Å². The first-order valence-corrected chi connectivity index (χ1v) is 11.0. The zero-order valence-corrected chi connectivity index (χ0v) is 18.6. The summed E-state index contributed by atoms with van der Waals surface area (Å²) < 4.78 is 30.8. The Kier molecular flexibility index (Phi) is 5.65. The lowest BCUT2D eigenvalue weighted by molar-refractivity contribution is 0.503. The third-order valence-electron chi connectivity index (χ3n) is 6.38. The molecule has 0 amide bonds. The molecule has 1 unspecified atom stereocenters. The minimum Gasteiger partial charge on any atom is -0.399 e. The summed E-state index contributed by atoms with van der Waals surface area (Å²) in [6, 6.07) is 15.1. The number of hydrogen-bond acceptors (Lipinski definition) is 1. The van der Waals surface area contributed by atoms with Crippen molar-refractivity contribution in [3.05, 3.63) is 99.6 Å². The second-order valence-electron chi connectivity index (χ2n) is 8.70. The highest BCUT2D eigenvalue weighted by Gasteiger charge is 2.38. The van der Waals surface area contributed by atoms with Crippen molar-refractivity contribution in [1.82, 2.24) is 0 Å². The van der Waals surface area contributed by atoms with Crippen LogP contribution < -0.4 is 5.73 Å². The number of hydrogen-bond donors (Lipinski definition) is 1. The van der Waals surface area contributed by atoms with E-state index in [1.807, 2.05) is 25.1 Å². The highest BCUT2D eigenvalue weighted by Crippen LogP contribution is 2.48. The lowest BCUT2D eigenvalue weighted by Gasteiger charge is -2.24. The van der Waals surface area contributed by atoms with E-state index in [4.69, 9.17) is 17.3 Å². The lowest BCUT2D eigenvalue weighted by Crippen LogP contribution is -2.22. The average molecular weight is 438 g/mol. The van der Waals surface area contributed by atoms with Gasteiger partial charge >= 0.3 is 0 Å². The standard InChI is InChI=1S/C27H26ClF2N/c1-4-8-17-11-12-20(16(2)31)24(26(17)30)23-21-15-27(3,19-9-6-5-7-10-19)14-18(21)13-22(29)25(23)28/h5-7,9-13H,2,4,8,14-15,31H2,1,3H3. The molecule has 0 fully saturated rings. The Balaban J connectivity index is 1.98. The molecule has 4 heteroatoms. The molecule has 1 aliphatic carbocycles. The smallest absolute Gasteiger partial charge is 0.142 e. The van der Waals surface area contributed by atoms with E-state index < -0.39 is 11.6 Å². The summed E-state index contributed by atoms with van der Waals surface area (Å²) in [6.07, 6.45) is 2.66. The van der Waals surface area contributed by atoms with Gasteiger partial charge in [0.2, 0.25) is 0 Å². The van der Waals surface area contributed by atoms with Crippen LogP contribution in [0.25, 0.3) is 16.8 Å². The van der Waals surface area contributed by atoms with Gasteiger partial charge in [-0.25, -0.2) is 8.78 Å². The lowest BCUT2D eigenvalue weighted by atomic mass is 9.79. The Hall–Kier alpha value is -2.65. The van der Waals surface area contributed by atoms with Crippen molar-refractivity contribution in [3.63, 3.8) is 0 Å². The molecular weight excluding hydrogens is 412 g/mol. The van der Waals surface area contributed by atoms with Gasteiger partial charge < -0.3 is 5.73 Å². The van der Waals surface area contributed by atoms with Crippen LogP contribution in [0, 0.1) is 11.6 Å². The summed E-state index contributed by atoms with van der Waals surface area (Å²) in [5.74, 6) is -0.935. The van der Waals surface area contributed by atoms with Gasteiger partial charge in [-0.3, -0.25) is 0 Å². The molecule has 0 saturated carbocycles. The summed E-state index contributed by atoms with van der Waals surface area (Å²) >= 11 is 6.52. The Morgan fingerprint density at radius 3 is 2.45 bits per heavy atom. The first kappa shape index (κ1) is 21.6. The molecule has 1 nitrogen and oxygen atoms in total. The minimum atomic E-state index is -0.540. The quantitative estimate of drug-likeness (QED) is 0.447. The van der Waals surface area contributed by atoms with Crippen LogP contribution in [0.4, 0.5) is 8.78 Å². The highest BCUT2D eigenvalue weighted by atomic mass is 35.5. The van der Waals surface area contributed by atoms with Gasteiger partial charge in [0.15, 0.2) is 0 Å². The van der Waals surface area contributed by atoms with E-state index >= 15 is 4.39 Å². The van der Waals surface area contributed by atoms with E-state index in [0.717, 1.165) is 23.1 Å². The number of fused-ring (bicyclic) bond motifs is 1. The highest BCUT2D eigenvalue weighted by molar-refractivity contribution is 6.34. The average Bonchev–Trinajstić information content (AvgIpc) is 3.08. The van der Waals surface area contributed by atoms with Gasteiger partial charge in [0.1, 0.15) is 11.6 Å². The molecule has 0 saturated heterocycles. The van der Waals surface area contributed by atoms with Gasteiger partial charge in [-0.1, -0.05) is 80.9 Å². The second kappa shape index (κ2) is 8.12. The van der Waals surface area contributed by atoms with Gasteiger partial charge in [0, 0.05) is 27.8 Å². The molecule has 31 heavy (non-hydrogen) atoms. The first-order chi connectivity index (χ1) is 14.8. The SMILES string of the molecule is C=C(N)c1ccc(CCC)c(F)c1-c1c(Cl)c(F)cc2c1CC(C)(c1ccccc1)C2. The fourth-order valence-electron chi connectivity index (χ4n) is 4.85. The monoisotopic (exact) mass is 437 g/mol. The van der Waals surface area contributed by atoms with Crippen molar-refractivity contribution in [2.24, 2.45) is 5.73 Å². The Morgan fingerprint density at radius 1 is 1.10 bits per heavy atom.